The lowest BCUT2D eigenvalue weighted by atomic mass is 10.1. The van der Waals surface area contributed by atoms with E-state index in [2.05, 4.69) is 16.4 Å². The third-order valence-corrected chi connectivity index (χ3v) is 3.90. The minimum absolute atomic E-state index is 0.0625. The van der Waals surface area contributed by atoms with Gasteiger partial charge in [-0.15, -0.1) is 0 Å². The summed E-state index contributed by atoms with van der Waals surface area (Å²) in [6, 6.07) is 9.92. The lowest BCUT2D eigenvalue weighted by Crippen LogP contribution is -2.41. The normalized spacial score (nSPS) is 11.2. The SMILES string of the molecule is Cc1ccc2cc(C#N)c(SCC(=O)NC(C)(C)C)nc2c1. The van der Waals surface area contributed by atoms with Crippen molar-refractivity contribution in [3.8, 4) is 6.07 Å². The molecule has 114 valence electrons. The first-order chi connectivity index (χ1) is 10.3. The van der Waals surface area contributed by atoms with E-state index in [4.69, 9.17) is 0 Å². The first kappa shape index (κ1) is 16.3. The van der Waals surface area contributed by atoms with Crippen LogP contribution in [0.1, 0.15) is 31.9 Å². The number of carbonyl (C=O) groups excluding carboxylic acids is 1. The van der Waals surface area contributed by atoms with Gasteiger partial charge >= 0.3 is 0 Å². The fourth-order valence-corrected chi connectivity index (χ4v) is 2.80. The van der Waals surface area contributed by atoms with Crippen LogP contribution in [-0.2, 0) is 4.79 Å². The Morgan fingerprint density at radius 1 is 1.36 bits per heavy atom. The molecular formula is C17H19N3OS. The molecule has 22 heavy (non-hydrogen) atoms. The molecule has 0 saturated carbocycles. The number of nitrogens with one attached hydrogen (secondary N) is 1. The van der Waals surface area contributed by atoms with Crippen LogP contribution in [0.2, 0.25) is 0 Å². The minimum atomic E-state index is -0.260. The molecule has 0 saturated heterocycles. The van der Waals surface area contributed by atoms with Crippen LogP contribution < -0.4 is 5.32 Å². The van der Waals surface area contributed by atoms with Crippen LogP contribution in [-0.4, -0.2) is 22.2 Å². The van der Waals surface area contributed by atoms with Crippen LogP contribution in [0.3, 0.4) is 0 Å². The van der Waals surface area contributed by atoms with E-state index in [-0.39, 0.29) is 17.2 Å². The Balaban J connectivity index is 2.23. The summed E-state index contributed by atoms with van der Waals surface area (Å²) < 4.78 is 0. The molecular weight excluding hydrogens is 294 g/mol. The number of rotatable bonds is 3. The van der Waals surface area contributed by atoms with Crippen molar-refractivity contribution in [2.45, 2.75) is 38.3 Å². The quantitative estimate of drug-likeness (QED) is 0.882. The number of nitriles is 1. The summed E-state index contributed by atoms with van der Waals surface area (Å²) in [7, 11) is 0. The Hall–Kier alpha value is -2.06. The zero-order chi connectivity index (χ0) is 16.3. The third-order valence-electron chi connectivity index (χ3n) is 2.91. The predicted octanol–water partition coefficient (Wildman–Crippen LogP) is 3.42. The fraction of sp³-hybridized carbons (Fsp3) is 0.353. The molecule has 2 aromatic rings. The second-order valence-corrected chi connectivity index (χ2v) is 7.20. The average molecular weight is 313 g/mol. The summed E-state index contributed by atoms with van der Waals surface area (Å²) in [5, 5.41) is 13.7. The summed E-state index contributed by atoms with van der Waals surface area (Å²) >= 11 is 1.30. The van der Waals surface area contributed by atoms with Crippen molar-refractivity contribution in [2.75, 3.05) is 5.75 Å². The highest BCUT2D eigenvalue weighted by molar-refractivity contribution is 8.00. The van der Waals surface area contributed by atoms with Crippen molar-refractivity contribution < 1.29 is 4.79 Å². The van der Waals surface area contributed by atoms with Crippen molar-refractivity contribution >= 4 is 28.6 Å². The van der Waals surface area contributed by atoms with Gasteiger partial charge < -0.3 is 5.32 Å². The second kappa shape index (κ2) is 6.37. The largest absolute Gasteiger partial charge is 0.351 e. The van der Waals surface area contributed by atoms with Crippen molar-refractivity contribution in [1.29, 1.82) is 5.26 Å². The van der Waals surface area contributed by atoms with Gasteiger partial charge in [-0.05, 0) is 45.4 Å². The number of thioether (sulfide) groups is 1. The van der Waals surface area contributed by atoms with Crippen molar-refractivity contribution in [2.24, 2.45) is 0 Å². The number of benzene rings is 1. The number of hydrogen-bond donors (Lipinski definition) is 1. The molecule has 2 rings (SSSR count). The van der Waals surface area contributed by atoms with E-state index in [1.54, 1.807) is 0 Å². The maximum Gasteiger partial charge on any atom is 0.230 e. The molecule has 4 nitrogen and oxygen atoms in total. The van der Waals surface area contributed by atoms with Crippen LogP contribution >= 0.6 is 11.8 Å². The van der Waals surface area contributed by atoms with Crippen LogP contribution in [0.25, 0.3) is 10.9 Å². The molecule has 0 spiro atoms. The molecule has 1 heterocycles. The first-order valence-corrected chi connectivity index (χ1v) is 8.02. The van der Waals surface area contributed by atoms with Gasteiger partial charge in [-0.25, -0.2) is 4.98 Å². The Morgan fingerprint density at radius 2 is 2.09 bits per heavy atom. The summed E-state index contributed by atoms with van der Waals surface area (Å²) in [5.74, 6) is 0.184. The van der Waals surface area contributed by atoms with Crippen LogP contribution in [0.15, 0.2) is 29.3 Å². The van der Waals surface area contributed by atoms with Gasteiger partial charge in [0.25, 0.3) is 0 Å². The van der Waals surface area contributed by atoms with Crippen molar-refractivity contribution in [3.63, 3.8) is 0 Å². The van der Waals surface area contributed by atoms with E-state index in [9.17, 15) is 10.1 Å². The van der Waals surface area contributed by atoms with Gasteiger partial charge in [-0.2, -0.15) is 5.26 Å². The molecule has 1 aromatic heterocycles. The van der Waals surface area contributed by atoms with E-state index in [0.29, 0.717) is 10.6 Å². The Bertz CT molecular complexity index is 757. The number of fused-ring (bicyclic) bond motifs is 1. The summed E-state index contributed by atoms with van der Waals surface area (Å²) in [6.45, 7) is 7.82. The van der Waals surface area contributed by atoms with E-state index in [1.807, 2.05) is 52.0 Å². The van der Waals surface area contributed by atoms with E-state index in [1.165, 1.54) is 11.8 Å². The van der Waals surface area contributed by atoms with Gasteiger partial charge in [0.15, 0.2) is 0 Å². The zero-order valence-corrected chi connectivity index (χ0v) is 14.0. The highest BCUT2D eigenvalue weighted by atomic mass is 32.2. The van der Waals surface area contributed by atoms with Crippen LogP contribution in [0.5, 0.6) is 0 Å². The van der Waals surface area contributed by atoms with Gasteiger partial charge in [-0.3, -0.25) is 4.79 Å². The summed E-state index contributed by atoms with van der Waals surface area (Å²) in [4.78, 5) is 16.4. The number of amides is 1. The van der Waals surface area contributed by atoms with E-state index in [0.717, 1.165) is 16.5 Å². The molecule has 0 fully saturated rings. The summed E-state index contributed by atoms with van der Waals surface area (Å²) in [5.41, 5.74) is 2.21. The monoisotopic (exact) mass is 313 g/mol. The van der Waals surface area contributed by atoms with Crippen molar-refractivity contribution in [1.82, 2.24) is 10.3 Å². The van der Waals surface area contributed by atoms with Gasteiger partial charge in [0, 0.05) is 10.9 Å². The average Bonchev–Trinajstić information content (AvgIpc) is 2.42. The summed E-state index contributed by atoms with van der Waals surface area (Å²) in [6.07, 6.45) is 0. The Morgan fingerprint density at radius 3 is 2.73 bits per heavy atom. The fourth-order valence-electron chi connectivity index (χ4n) is 2.04. The standard InChI is InChI=1S/C17H19N3OS/c1-11-5-6-12-8-13(9-18)16(19-14(12)7-11)22-10-15(21)20-17(2,3)4/h5-8H,10H2,1-4H3,(H,20,21). The molecule has 0 aliphatic carbocycles. The first-order valence-electron chi connectivity index (χ1n) is 7.04. The number of hydrogen-bond acceptors (Lipinski definition) is 4. The van der Waals surface area contributed by atoms with Gasteiger partial charge in [0.1, 0.15) is 11.1 Å². The molecule has 1 amide bonds. The topological polar surface area (TPSA) is 65.8 Å². The zero-order valence-electron chi connectivity index (χ0n) is 13.2. The molecule has 0 aliphatic heterocycles. The number of aryl methyl sites for hydroxylation is 1. The molecule has 0 unspecified atom stereocenters. The smallest absolute Gasteiger partial charge is 0.230 e. The molecule has 1 N–H and O–H groups in total. The second-order valence-electron chi connectivity index (χ2n) is 6.24. The predicted molar refractivity (Wildman–Crippen MR) is 89.8 cm³/mol. The highest BCUT2D eigenvalue weighted by Gasteiger charge is 2.15. The maximum absolute atomic E-state index is 11.9. The molecule has 0 atom stereocenters. The molecule has 0 radical (unpaired) electrons. The number of pyridine rings is 1. The number of aromatic nitrogens is 1. The lowest BCUT2D eigenvalue weighted by Gasteiger charge is -2.20. The van der Waals surface area contributed by atoms with Gasteiger partial charge in [0.05, 0.1) is 16.8 Å². The number of carbonyl (C=O) groups is 1. The maximum atomic E-state index is 11.9. The molecule has 5 heteroatoms. The van der Waals surface area contributed by atoms with Crippen LogP contribution in [0, 0.1) is 18.3 Å². The lowest BCUT2D eigenvalue weighted by molar-refractivity contribution is -0.119. The molecule has 0 bridgehead atoms. The van der Waals surface area contributed by atoms with Gasteiger partial charge in [-0.1, -0.05) is 23.9 Å². The van der Waals surface area contributed by atoms with E-state index < -0.39 is 0 Å². The Labute approximate surface area is 134 Å². The minimum Gasteiger partial charge on any atom is -0.351 e. The van der Waals surface area contributed by atoms with Crippen molar-refractivity contribution in [3.05, 3.63) is 35.4 Å². The third kappa shape index (κ3) is 4.22. The van der Waals surface area contributed by atoms with E-state index >= 15 is 0 Å². The number of nitrogens with zero attached hydrogens (tertiary/aromatic N) is 2. The molecule has 1 aromatic carbocycles. The highest BCUT2D eigenvalue weighted by Crippen LogP contribution is 2.25. The van der Waals surface area contributed by atoms with Crippen LogP contribution in [0.4, 0.5) is 0 Å². The Kier molecular flexibility index (Phi) is 4.72. The molecule has 0 aliphatic rings. The van der Waals surface area contributed by atoms with Gasteiger partial charge in [0.2, 0.25) is 5.91 Å².